The first kappa shape index (κ1) is 106. The number of rotatable bonds is 63. The van der Waals surface area contributed by atoms with Gasteiger partial charge in [0.1, 0.15) is 72.5 Å². The molecular formula is C89H143N23O14. The van der Waals surface area contributed by atoms with Crippen LogP contribution in [0.15, 0.2) is 91.3 Å². The summed E-state index contributed by atoms with van der Waals surface area (Å²) in [6, 6.07) is 8.20. The number of benzene rings is 3. The SMILES string of the molecule is CC[C@H](C)[C@H](NC(=O)[C@H](CCCCN)NC(=O)[C@H](CCCCN)NC(=O)[C@H](CC(C)C)NC(=O)[C@H](Cc1c[nH]c2ccccc12)NC(=O)CN)C(=O)NCC(=O)N[C@@H](CCCCN)C(=O)N[C@@H](Cc1c[nH]c2ccccc12)C(=O)N[C@@H](CCCCN)C(=O)N[C@H](C(=O)N[C@@H](Cc1ccccc1)C(=O)N[C@@H](CCCCN)C(=O)N[C@@H](CCCCN)C(N)=O)[C@@H](C)CC. The Bertz CT molecular complexity index is 4260. The Hall–Kier alpha value is -11.0. The zero-order valence-corrected chi connectivity index (χ0v) is 74.3. The number of hydrogen-bond acceptors (Lipinski definition) is 21. The molecule has 698 valence electrons. The van der Waals surface area contributed by atoms with Gasteiger partial charge in [0.15, 0.2) is 0 Å². The molecule has 0 radical (unpaired) electrons. The highest BCUT2D eigenvalue weighted by Gasteiger charge is 2.39. The van der Waals surface area contributed by atoms with E-state index < -0.39 is 180 Å². The summed E-state index contributed by atoms with van der Waals surface area (Å²) in [5.74, 6) is -11.8. The monoisotopic (exact) mass is 1760 g/mol. The van der Waals surface area contributed by atoms with Gasteiger partial charge in [-0.15, -0.1) is 0 Å². The van der Waals surface area contributed by atoms with Crippen molar-refractivity contribution in [2.75, 3.05) is 52.4 Å². The molecule has 14 atom stereocenters. The largest absolute Gasteiger partial charge is 0.368 e. The van der Waals surface area contributed by atoms with Gasteiger partial charge in [-0.3, -0.25) is 67.1 Å². The van der Waals surface area contributed by atoms with E-state index in [1.807, 2.05) is 56.3 Å². The second-order valence-corrected chi connectivity index (χ2v) is 33.0. The Balaban J connectivity index is 1.38. The Kier molecular flexibility index (Phi) is 48.3. The van der Waals surface area contributed by atoms with Gasteiger partial charge in [-0.1, -0.05) is 121 Å². The van der Waals surface area contributed by atoms with Crippen molar-refractivity contribution in [3.8, 4) is 0 Å². The van der Waals surface area contributed by atoms with E-state index in [0.717, 1.165) is 16.5 Å². The molecule has 14 amide bonds. The van der Waals surface area contributed by atoms with Gasteiger partial charge in [0.05, 0.1) is 13.1 Å². The van der Waals surface area contributed by atoms with Crippen molar-refractivity contribution in [2.45, 2.75) is 268 Å². The number of para-hydroxylation sites is 2. The summed E-state index contributed by atoms with van der Waals surface area (Å²) in [6.45, 7) is 11.2. The number of carbonyl (C=O) groups excluding carboxylic acids is 14. The standard InChI is InChI=1S/C89H143N23O14/c1-7-55(5)76(111-82(119)68(38-20-26-44-94)104-81(118)67(37-19-25-43-93)105-84(121)70(46-54(3)4)108-86(123)72(102-74(113)50-96)48-58-51-98-62-32-14-12-30-60(58)62)88(125)100-53-75(114)101-65(35-17-23-41-91)79(116)109-73(49-59-52-99-63-33-15-13-31-61(59)63)87(124)107-69(39-21-27-45-95)83(120)112-77(56(6)8-2)89(126)110-71(47-57-28-10-9-11-29-57)85(122)106-66(36-18-24-42-92)80(117)103-64(78(97)115)34-16-22-40-90/h9-15,28-33,51-52,54-56,64-73,76-77,98-99H,7-8,16-27,34-50,53,90-96H2,1-6H3,(H2,97,115)(H,100,125)(H,101,114)(H,102,113)(H,103,117)(H,104,118)(H,105,121)(H,106,122)(H,107,124)(H,108,123)(H,109,116)(H,110,126)(H,111,119)(H,112,120)/t55-,56-,64-,65-,66-,67-,68-,69-,70-,71-,72-,73-,76-,77-/m0/s1. The van der Waals surface area contributed by atoms with Gasteiger partial charge in [-0.25, -0.2) is 0 Å². The molecule has 31 N–H and O–H groups in total. The molecule has 0 aliphatic heterocycles. The second-order valence-electron chi connectivity index (χ2n) is 33.0. The van der Waals surface area contributed by atoms with Gasteiger partial charge in [-0.05, 0) is 208 Å². The quantitative estimate of drug-likeness (QED) is 0.0227. The number of unbranched alkanes of at least 4 members (excludes halogenated alkanes) is 6. The van der Waals surface area contributed by atoms with E-state index in [2.05, 4.69) is 79.1 Å². The molecule has 0 saturated heterocycles. The minimum Gasteiger partial charge on any atom is -0.368 e. The van der Waals surface area contributed by atoms with Crippen molar-refractivity contribution >= 4 is 105 Å². The molecule has 0 aliphatic carbocycles. The molecule has 3 aromatic carbocycles. The predicted molar refractivity (Wildman–Crippen MR) is 484 cm³/mol. The summed E-state index contributed by atoms with van der Waals surface area (Å²) in [5.41, 5.74) is 50.1. The van der Waals surface area contributed by atoms with E-state index in [-0.39, 0.29) is 96.3 Å². The summed E-state index contributed by atoms with van der Waals surface area (Å²) < 4.78 is 0. The van der Waals surface area contributed by atoms with E-state index >= 15 is 14.4 Å². The highest BCUT2D eigenvalue weighted by molar-refractivity contribution is 6.01. The molecule has 0 fully saturated rings. The maximum atomic E-state index is 15.3. The maximum Gasteiger partial charge on any atom is 0.243 e. The van der Waals surface area contributed by atoms with Crippen molar-refractivity contribution in [3.05, 3.63) is 108 Å². The lowest BCUT2D eigenvalue weighted by atomic mass is 9.96. The summed E-state index contributed by atoms with van der Waals surface area (Å²) in [4.78, 5) is 208. The molecule has 0 spiro atoms. The van der Waals surface area contributed by atoms with Crippen LogP contribution in [0.25, 0.3) is 21.8 Å². The molecule has 0 bridgehead atoms. The van der Waals surface area contributed by atoms with Gasteiger partial charge in [0, 0.05) is 53.5 Å². The number of nitrogens with one attached hydrogen (secondary N) is 15. The van der Waals surface area contributed by atoms with E-state index in [1.54, 1.807) is 76.5 Å². The Morgan fingerprint density at radius 3 is 1.00 bits per heavy atom. The predicted octanol–water partition coefficient (Wildman–Crippen LogP) is -0.0328. The molecule has 37 nitrogen and oxygen atoms in total. The molecule has 2 heterocycles. The number of aromatic nitrogens is 2. The third-order valence-electron chi connectivity index (χ3n) is 22.5. The van der Waals surface area contributed by atoms with Gasteiger partial charge in [-0.2, -0.15) is 0 Å². The van der Waals surface area contributed by atoms with Crippen LogP contribution in [0.4, 0.5) is 0 Å². The number of nitrogens with two attached hydrogens (primary N) is 8. The lowest BCUT2D eigenvalue weighted by molar-refractivity contribution is -0.136. The molecule has 5 aromatic rings. The van der Waals surface area contributed by atoms with Crippen molar-refractivity contribution < 1.29 is 67.1 Å². The van der Waals surface area contributed by atoms with Crippen LogP contribution in [0.2, 0.25) is 0 Å². The molecule has 2 aromatic heterocycles. The van der Waals surface area contributed by atoms with Crippen LogP contribution in [-0.4, -0.2) is 218 Å². The lowest BCUT2D eigenvalue weighted by Crippen LogP contribution is -2.61. The second kappa shape index (κ2) is 57.6. The smallest absolute Gasteiger partial charge is 0.243 e. The first-order valence-electron chi connectivity index (χ1n) is 44.7. The minimum atomic E-state index is -1.45. The molecule has 0 aliphatic rings. The highest BCUT2D eigenvalue weighted by atomic mass is 16.2. The van der Waals surface area contributed by atoms with Crippen LogP contribution < -0.4 is 115 Å². The van der Waals surface area contributed by atoms with Crippen LogP contribution in [-0.2, 0) is 86.4 Å². The van der Waals surface area contributed by atoms with Crippen molar-refractivity contribution in [3.63, 3.8) is 0 Å². The number of carbonyl (C=O) groups is 14. The Morgan fingerprint density at radius 1 is 0.317 bits per heavy atom. The van der Waals surface area contributed by atoms with Crippen LogP contribution in [0.3, 0.4) is 0 Å². The van der Waals surface area contributed by atoms with Gasteiger partial charge >= 0.3 is 0 Å². The molecule has 5 rings (SSSR count). The number of fused-ring (bicyclic) bond motifs is 2. The summed E-state index contributed by atoms with van der Waals surface area (Å²) >= 11 is 0. The zero-order valence-electron chi connectivity index (χ0n) is 74.3. The molecule has 126 heavy (non-hydrogen) atoms. The molecule has 37 heteroatoms. The minimum absolute atomic E-state index is 0.00124. The van der Waals surface area contributed by atoms with Gasteiger partial charge < -0.3 is 125 Å². The van der Waals surface area contributed by atoms with Crippen molar-refractivity contribution in [2.24, 2.45) is 63.6 Å². The topological polar surface area (TPSA) is 635 Å². The fraction of sp³-hybridized carbons (Fsp3) is 0.596. The van der Waals surface area contributed by atoms with E-state index in [4.69, 9.17) is 45.9 Å². The van der Waals surface area contributed by atoms with E-state index in [0.29, 0.717) is 125 Å². The lowest BCUT2D eigenvalue weighted by Gasteiger charge is -2.30. The first-order valence-corrected chi connectivity index (χ1v) is 44.7. The van der Waals surface area contributed by atoms with Crippen LogP contribution in [0, 0.1) is 17.8 Å². The number of primary amides is 1. The normalized spacial score (nSPS) is 14.7. The number of hydrogen-bond donors (Lipinski definition) is 23. The fourth-order valence-corrected chi connectivity index (χ4v) is 14.7. The number of amides is 14. The van der Waals surface area contributed by atoms with Gasteiger partial charge in [0.25, 0.3) is 0 Å². The van der Waals surface area contributed by atoms with Gasteiger partial charge in [0.2, 0.25) is 82.7 Å². The fourth-order valence-electron chi connectivity index (χ4n) is 14.7. The number of H-pyrrole nitrogens is 2. The summed E-state index contributed by atoms with van der Waals surface area (Å²) in [5, 5.41) is 37.7. The number of aromatic amines is 2. The first-order chi connectivity index (χ1) is 60.5. The molecule has 0 unspecified atom stereocenters. The molecular weight excluding hydrogens is 1620 g/mol. The Labute approximate surface area is 739 Å². The average molecular weight is 1760 g/mol. The van der Waals surface area contributed by atoms with Crippen LogP contribution in [0.1, 0.15) is 193 Å². The average Bonchev–Trinajstić information content (AvgIpc) is 1.55. The maximum absolute atomic E-state index is 15.3. The summed E-state index contributed by atoms with van der Waals surface area (Å²) in [7, 11) is 0. The van der Waals surface area contributed by atoms with Crippen LogP contribution in [0.5, 0.6) is 0 Å². The highest BCUT2D eigenvalue weighted by Crippen LogP contribution is 2.23. The summed E-state index contributed by atoms with van der Waals surface area (Å²) in [6.07, 6.45) is 9.55. The zero-order chi connectivity index (χ0) is 92.6. The molecule has 0 saturated carbocycles. The third kappa shape index (κ3) is 36.2. The van der Waals surface area contributed by atoms with E-state index in [9.17, 15) is 52.7 Å². The third-order valence-corrected chi connectivity index (χ3v) is 22.5. The Morgan fingerprint density at radius 2 is 0.619 bits per heavy atom. The van der Waals surface area contributed by atoms with Crippen molar-refractivity contribution in [1.82, 2.24) is 79.1 Å². The van der Waals surface area contributed by atoms with E-state index in [1.165, 1.54) is 0 Å². The van der Waals surface area contributed by atoms with Crippen LogP contribution >= 0.6 is 0 Å². The van der Waals surface area contributed by atoms with Crippen molar-refractivity contribution in [1.29, 1.82) is 0 Å².